The second-order valence-electron chi connectivity index (χ2n) is 5.62. The molecule has 0 saturated heterocycles. The Morgan fingerprint density at radius 3 is 2.65 bits per heavy atom. The molecule has 1 aromatic carbocycles. The van der Waals surface area contributed by atoms with Crippen LogP contribution in [0.1, 0.15) is 19.5 Å². The minimum absolute atomic E-state index is 0.617. The van der Waals surface area contributed by atoms with E-state index in [1.54, 1.807) is 11.3 Å². The van der Waals surface area contributed by atoms with E-state index < -0.39 is 5.60 Å². The maximum absolute atomic E-state index is 9.79. The monoisotopic (exact) mass is 291 g/mol. The summed E-state index contributed by atoms with van der Waals surface area (Å²) in [5, 5.41) is 16.0. The van der Waals surface area contributed by atoms with E-state index in [9.17, 15) is 5.11 Å². The van der Waals surface area contributed by atoms with Crippen molar-refractivity contribution >= 4 is 22.2 Å². The molecule has 0 amide bonds. The smallest absolute Gasteiger partial charge is 0.187 e. The fraction of sp³-hybridized carbons (Fsp3) is 0.400. The van der Waals surface area contributed by atoms with Gasteiger partial charge in [-0.25, -0.2) is 4.98 Å². The van der Waals surface area contributed by atoms with Crippen LogP contribution in [0, 0.1) is 0 Å². The Labute approximate surface area is 124 Å². The summed E-state index contributed by atoms with van der Waals surface area (Å²) in [4.78, 5) is 6.63. The lowest BCUT2D eigenvalue weighted by molar-refractivity contribution is 0.0422. The van der Waals surface area contributed by atoms with Crippen LogP contribution in [0.25, 0.3) is 0 Å². The number of likely N-dealkylation sites (N-methyl/N-ethyl adjacent to an activating group) is 1. The predicted molar refractivity (Wildman–Crippen MR) is 84.5 cm³/mol. The summed E-state index contributed by atoms with van der Waals surface area (Å²) < 4.78 is 0. The zero-order valence-corrected chi connectivity index (χ0v) is 12.9. The first-order chi connectivity index (χ1) is 9.42. The number of rotatable bonds is 6. The Morgan fingerprint density at radius 1 is 1.30 bits per heavy atom. The molecule has 108 valence electrons. The molecule has 0 unspecified atom stereocenters. The lowest BCUT2D eigenvalue weighted by atomic mass is 10.1. The third kappa shape index (κ3) is 4.92. The summed E-state index contributed by atoms with van der Waals surface area (Å²) >= 11 is 1.59. The molecule has 0 aliphatic carbocycles. The molecule has 1 heterocycles. The van der Waals surface area contributed by atoms with Gasteiger partial charge in [-0.3, -0.25) is 4.90 Å². The second-order valence-corrected chi connectivity index (χ2v) is 6.48. The van der Waals surface area contributed by atoms with Crippen LogP contribution in [0.2, 0.25) is 0 Å². The van der Waals surface area contributed by atoms with Gasteiger partial charge in [0.05, 0.1) is 11.3 Å². The molecular formula is C15H21N3OS. The van der Waals surface area contributed by atoms with Gasteiger partial charge in [-0.15, -0.1) is 11.3 Å². The van der Waals surface area contributed by atoms with E-state index in [1.807, 2.05) is 56.6 Å². The van der Waals surface area contributed by atoms with Crippen LogP contribution < -0.4 is 5.32 Å². The molecule has 0 aliphatic heterocycles. The van der Waals surface area contributed by atoms with Crippen LogP contribution in [-0.4, -0.2) is 34.2 Å². The Kier molecular flexibility index (Phi) is 4.75. The van der Waals surface area contributed by atoms with E-state index in [0.717, 1.165) is 23.1 Å². The van der Waals surface area contributed by atoms with E-state index in [4.69, 9.17) is 0 Å². The first-order valence-corrected chi connectivity index (χ1v) is 7.48. The highest BCUT2D eigenvalue weighted by Crippen LogP contribution is 2.21. The summed E-state index contributed by atoms with van der Waals surface area (Å²) in [6.45, 7) is 4.98. The van der Waals surface area contributed by atoms with Crippen molar-refractivity contribution in [2.24, 2.45) is 0 Å². The van der Waals surface area contributed by atoms with E-state index in [1.165, 1.54) is 0 Å². The number of para-hydroxylation sites is 1. The second kappa shape index (κ2) is 6.35. The third-order valence-corrected chi connectivity index (χ3v) is 3.47. The number of thiazole rings is 1. The van der Waals surface area contributed by atoms with Gasteiger partial charge >= 0.3 is 0 Å². The summed E-state index contributed by atoms with van der Waals surface area (Å²) in [5.74, 6) is 0. The molecule has 0 fully saturated rings. The Balaban J connectivity index is 1.92. The molecule has 0 saturated carbocycles. The number of anilines is 2. The summed E-state index contributed by atoms with van der Waals surface area (Å²) in [6, 6.07) is 10.0. The highest BCUT2D eigenvalue weighted by Gasteiger charge is 2.16. The van der Waals surface area contributed by atoms with Crippen molar-refractivity contribution in [2.75, 3.05) is 18.9 Å². The molecule has 2 N–H and O–H groups in total. The van der Waals surface area contributed by atoms with E-state index in [2.05, 4.69) is 15.2 Å². The molecular weight excluding hydrogens is 270 g/mol. The Bertz CT molecular complexity index is 534. The maximum atomic E-state index is 9.79. The fourth-order valence-corrected chi connectivity index (χ4v) is 2.80. The molecule has 5 heteroatoms. The number of hydrogen-bond donors (Lipinski definition) is 2. The summed E-state index contributed by atoms with van der Waals surface area (Å²) in [5.41, 5.74) is 1.37. The minimum Gasteiger partial charge on any atom is -0.389 e. The molecule has 0 spiro atoms. The van der Waals surface area contributed by atoms with Crippen molar-refractivity contribution in [3.05, 3.63) is 41.4 Å². The molecule has 4 nitrogen and oxygen atoms in total. The number of nitrogens with one attached hydrogen (secondary N) is 1. The first-order valence-electron chi connectivity index (χ1n) is 6.60. The maximum Gasteiger partial charge on any atom is 0.187 e. The Morgan fingerprint density at radius 2 is 2.00 bits per heavy atom. The topological polar surface area (TPSA) is 48.4 Å². The molecule has 0 radical (unpaired) electrons. The van der Waals surface area contributed by atoms with Gasteiger partial charge in [-0.1, -0.05) is 18.2 Å². The number of nitrogens with zero attached hydrogens (tertiary/aromatic N) is 2. The molecule has 2 aromatic rings. The van der Waals surface area contributed by atoms with Gasteiger partial charge in [0.15, 0.2) is 5.13 Å². The van der Waals surface area contributed by atoms with Gasteiger partial charge in [0, 0.05) is 24.2 Å². The number of benzene rings is 1. The van der Waals surface area contributed by atoms with Crippen molar-refractivity contribution in [3.8, 4) is 0 Å². The highest BCUT2D eigenvalue weighted by atomic mass is 32.1. The van der Waals surface area contributed by atoms with Crippen LogP contribution in [0.15, 0.2) is 35.7 Å². The van der Waals surface area contributed by atoms with Crippen LogP contribution in [0.3, 0.4) is 0 Å². The van der Waals surface area contributed by atoms with Crippen molar-refractivity contribution in [1.29, 1.82) is 0 Å². The Hall–Kier alpha value is -1.43. The number of aliphatic hydroxyl groups is 1. The first kappa shape index (κ1) is 15.0. The normalized spacial score (nSPS) is 11.8. The van der Waals surface area contributed by atoms with Crippen molar-refractivity contribution in [3.63, 3.8) is 0 Å². The lowest BCUT2D eigenvalue weighted by Gasteiger charge is -2.24. The molecule has 0 bridgehead atoms. The third-order valence-electron chi connectivity index (χ3n) is 2.67. The van der Waals surface area contributed by atoms with Crippen molar-refractivity contribution < 1.29 is 5.11 Å². The lowest BCUT2D eigenvalue weighted by Crippen LogP contribution is -2.35. The number of aromatic nitrogens is 1. The van der Waals surface area contributed by atoms with E-state index >= 15 is 0 Å². The van der Waals surface area contributed by atoms with E-state index in [-0.39, 0.29) is 0 Å². The van der Waals surface area contributed by atoms with Gasteiger partial charge in [0.2, 0.25) is 0 Å². The molecule has 2 rings (SSSR count). The van der Waals surface area contributed by atoms with Crippen molar-refractivity contribution in [1.82, 2.24) is 9.88 Å². The number of hydrogen-bond acceptors (Lipinski definition) is 5. The largest absolute Gasteiger partial charge is 0.389 e. The van der Waals surface area contributed by atoms with Gasteiger partial charge in [0.1, 0.15) is 0 Å². The summed E-state index contributed by atoms with van der Waals surface area (Å²) in [6.07, 6.45) is 0. The minimum atomic E-state index is -0.685. The van der Waals surface area contributed by atoms with Gasteiger partial charge < -0.3 is 10.4 Å². The predicted octanol–water partition coefficient (Wildman–Crippen LogP) is 3.09. The highest BCUT2D eigenvalue weighted by molar-refractivity contribution is 7.13. The average Bonchev–Trinajstić information content (AvgIpc) is 2.75. The summed E-state index contributed by atoms with van der Waals surface area (Å²) in [7, 11) is 1.99. The van der Waals surface area contributed by atoms with Crippen LogP contribution in [0.5, 0.6) is 0 Å². The van der Waals surface area contributed by atoms with Crippen LogP contribution in [-0.2, 0) is 6.54 Å². The van der Waals surface area contributed by atoms with Crippen molar-refractivity contribution in [2.45, 2.75) is 26.0 Å². The zero-order valence-electron chi connectivity index (χ0n) is 12.1. The fourth-order valence-electron chi connectivity index (χ4n) is 2.07. The molecule has 20 heavy (non-hydrogen) atoms. The molecule has 0 atom stereocenters. The SMILES string of the molecule is CN(Cc1csc(Nc2ccccc2)n1)CC(C)(C)O. The van der Waals surface area contributed by atoms with Gasteiger partial charge in [-0.05, 0) is 33.0 Å². The molecule has 1 aromatic heterocycles. The van der Waals surface area contributed by atoms with Crippen LogP contribution >= 0.6 is 11.3 Å². The standard InChI is InChI=1S/C15H21N3OS/c1-15(2,19)11-18(3)9-13-10-20-14(17-13)16-12-7-5-4-6-8-12/h4-8,10,19H,9,11H2,1-3H3,(H,16,17). The van der Waals surface area contributed by atoms with Crippen LogP contribution in [0.4, 0.5) is 10.8 Å². The van der Waals surface area contributed by atoms with Gasteiger partial charge in [-0.2, -0.15) is 0 Å². The quantitative estimate of drug-likeness (QED) is 0.858. The zero-order chi connectivity index (χ0) is 14.6. The van der Waals surface area contributed by atoms with Gasteiger partial charge in [0.25, 0.3) is 0 Å². The molecule has 0 aliphatic rings. The van der Waals surface area contributed by atoms with E-state index in [0.29, 0.717) is 6.54 Å². The average molecular weight is 291 g/mol.